The number of nitrogens with one attached hydrogen (secondary N) is 3. The van der Waals surface area contributed by atoms with Crippen LogP contribution in [0.25, 0.3) is 0 Å². The van der Waals surface area contributed by atoms with Crippen molar-refractivity contribution in [1.82, 2.24) is 15.5 Å². The topological polar surface area (TPSA) is 134 Å². The molecule has 2 rings (SSSR count). The van der Waals surface area contributed by atoms with Crippen LogP contribution in [0.15, 0.2) is 29.2 Å². The Morgan fingerprint density at radius 3 is 2.53 bits per heavy atom. The summed E-state index contributed by atoms with van der Waals surface area (Å²) < 4.78 is 0. The van der Waals surface area contributed by atoms with E-state index in [0.29, 0.717) is 18.7 Å². The molecule has 11 heteroatoms. The third-order valence-corrected chi connectivity index (χ3v) is 6.43. The Balaban J connectivity index is 2.17. The summed E-state index contributed by atoms with van der Waals surface area (Å²) in [6, 6.07) is 4.51. The molecule has 5 amide bonds. The van der Waals surface area contributed by atoms with Gasteiger partial charge < -0.3 is 26.6 Å². The Bertz CT molecular complexity index is 851. The van der Waals surface area contributed by atoms with E-state index in [4.69, 9.17) is 5.73 Å². The van der Waals surface area contributed by atoms with E-state index in [2.05, 4.69) is 16.0 Å². The van der Waals surface area contributed by atoms with E-state index in [0.717, 1.165) is 4.90 Å². The molecule has 5 N–H and O–H groups in total. The van der Waals surface area contributed by atoms with E-state index >= 15 is 0 Å². The average Bonchev–Trinajstić information content (AvgIpc) is 3.15. The Morgan fingerprint density at radius 2 is 1.94 bits per heavy atom. The summed E-state index contributed by atoms with van der Waals surface area (Å²) in [4.78, 5) is 52.6. The lowest BCUT2D eigenvalue weighted by Crippen LogP contribution is -2.59. The van der Waals surface area contributed by atoms with E-state index in [1.807, 2.05) is 24.5 Å². The molecule has 0 unspecified atom stereocenters. The summed E-state index contributed by atoms with van der Waals surface area (Å²) in [6.45, 7) is 3.87. The highest BCUT2D eigenvalue weighted by Gasteiger charge is 2.43. The van der Waals surface area contributed by atoms with E-state index < -0.39 is 36.0 Å². The number of likely N-dealkylation sites (tertiary alicyclic amines) is 1. The molecule has 0 saturated carbocycles. The largest absolute Gasteiger partial charge is 0.368 e. The third kappa shape index (κ3) is 6.80. The lowest BCUT2D eigenvalue weighted by Gasteiger charge is -2.30. The molecular formula is C21H31N5O4S2. The van der Waals surface area contributed by atoms with Crippen molar-refractivity contribution in [3.8, 4) is 0 Å². The van der Waals surface area contributed by atoms with Crippen molar-refractivity contribution in [2.45, 2.75) is 43.3 Å². The third-order valence-electron chi connectivity index (χ3n) is 5.17. The van der Waals surface area contributed by atoms with E-state index in [9.17, 15) is 19.2 Å². The molecule has 176 valence electrons. The predicted molar refractivity (Wildman–Crippen MR) is 129 cm³/mol. The first kappa shape index (κ1) is 25.9. The summed E-state index contributed by atoms with van der Waals surface area (Å²) in [5, 5.41) is 8.26. The number of primary amides is 1. The van der Waals surface area contributed by atoms with Crippen molar-refractivity contribution in [2.24, 2.45) is 11.7 Å². The molecule has 9 nitrogen and oxygen atoms in total. The maximum Gasteiger partial charge on any atom is 0.319 e. The van der Waals surface area contributed by atoms with Crippen LogP contribution in [0, 0.1) is 5.92 Å². The van der Waals surface area contributed by atoms with Crippen LogP contribution in [-0.2, 0) is 14.4 Å². The molecule has 1 fully saturated rings. The lowest BCUT2D eigenvalue weighted by atomic mass is 10.0. The minimum Gasteiger partial charge on any atom is -0.368 e. The summed E-state index contributed by atoms with van der Waals surface area (Å²) in [6.07, 6.45) is 4.16. The number of urea groups is 1. The number of amides is 5. The van der Waals surface area contributed by atoms with Crippen LogP contribution in [0.2, 0.25) is 0 Å². The van der Waals surface area contributed by atoms with Gasteiger partial charge in [0.05, 0.1) is 11.8 Å². The van der Waals surface area contributed by atoms with Gasteiger partial charge in [-0.05, 0) is 43.0 Å². The van der Waals surface area contributed by atoms with Gasteiger partial charge in [0.15, 0.2) is 0 Å². The van der Waals surface area contributed by atoms with Crippen LogP contribution in [0.1, 0.15) is 20.3 Å². The maximum atomic E-state index is 13.1. The number of rotatable bonds is 9. The number of carbonyl (C=O) groups excluding carboxylic acids is 4. The van der Waals surface area contributed by atoms with Crippen molar-refractivity contribution in [2.75, 3.05) is 30.1 Å². The predicted octanol–water partition coefficient (Wildman–Crippen LogP) is 1.49. The molecule has 1 aliphatic rings. The van der Waals surface area contributed by atoms with Gasteiger partial charge >= 0.3 is 6.03 Å². The molecule has 1 aromatic rings. The first-order valence-electron chi connectivity index (χ1n) is 10.3. The smallest absolute Gasteiger partial charge is 0.319 e. The number of hydrogen-bond acceptors (Lipinski definition) is 6. The fourth-order valence-corrected chi connectivity index (χ4v) is 4.47. The summed E-state index contributed by atoms with van der Waals surface area (Å²) in [5.41, 5.74) is 6.06. The van der Waals surface area contributed by atoms with Gasteiger partial charge in [-0.3, -0.25) is 14.4 Å². The molecule has 3 atom stereocenters. The molecule has 0 radical (unpaired) electrons. The van der Waals surface area contributed by atoms with Crippen LogP contribution in [0.3, 0.4) is 0 Å². The molecule has 0 aliphatic carbocycles. The molecule has 0 aromatic heterocycles. The second kappa shape index (κ2) is 12.0. The van der Waals surface area contributed by atoms with Gasteiger partial charge in [-0.2, -0.15) is 11.8 Å². The van der Waals surface area contributed by atoms with Gasteiger partial charge in [-0.25, -0.2) is 4.79 Å². The Labute approximate surface area is 197 Å². The molecule has 1 aromatic carbocycles. The lowest BCUT2D eigenvalue weighted by molar-refractivity contribution is -0.138. The molecular weight excluding hydrogens is 450 g/mol. The zero-order valence-corrected chi connectivity index (χ0v) is 20.3. The fraction of sp³-hybridized carbons (Fsp3) is 0.524. The standard InChI is InChI=1S/C21H31N5O4S2/c1-12(2)17(19(22)28)25-20(29)18-15(8-9-26(18)16(27)11-31-3)24-21(30)23-13-6-5-7-14(10-13)32-4/h5-7,10,12,15,17-18H,8-9,11H2,1-4H3,(H2,22,28)(H,25,29)(H2,23,24,30)/t15-,17+,18-/m0/s1. The minimum atomic E-state index is -0.932. The van der Waals surface area contributed by atoms with Crippen LogP contribution in [0.5, 0.6) is 0 Å². The maximum absolute atomic E-state index is 13.1. The number of hydrogen-bond donors (Lipinski definition) is 4. The van der Waals surface area contributed by atoms with Gasteiger partial charge in [-0.15, -0.1) is 11.8 Å². The van der Waals surface area contributed by atoms with Crippen LogP contribution < -0.4 is 21.7 Å². The SMILES string of the molecule is CSCC(=O)N1CC[C@H](NC(=O)Nc2cccc(SC)c2)[C@H]1C(=O)N[C@@H](C(N)=O)C(C)C. The number of carbonyl (C=O) groups is 4. The highest BCUT2D eigenvalue weighted by atomic mass is 32.2. The van der Waals surface area contributed by atoms with Gasteiger partial charge in [0.2, 0.25) is 17.7 Å². The Kier molecular flexibility index (Phi) is 9.70. The van der Waals surface area contributed by atoms with E-state index in [1.54, 1.807) is 37.9 Å². The normalized spacial score (nSPS) is 18.8. The first-order chi connectivity index (χ1) is 15.2. The highest BCUT2D eigenvalue weighted by Crippen LogP contribution is 2.22. The Morgan fingerprint density at radius 1 is 1.22 bits per heavy atom. The molecule has 1 saturated heterocycles. The van der Waals surface area contributed by atoms with Gasteiger partial charge in [0, 0.05) is 17.1 Å². The molecule has 0 spiro atoms. The zero-order chi connectivity index (χ0) is 23.8. The number of nitrogens with two attached hydrogens (primary N) is 1. The molecule has 0 bridgehead atoms. The zero-order valence-electron chi connectivity index (χ0n) is 18.7. The van der Waals surface area contributed by atoms with Gasteiger partial charge in [0.25, 0.3) is 0 Å². The average molecular weight is 482 g/mol. The fourth-order valence-electron chi connectivity index (χ4n) is 3.60. The van der Waals surface area contributed by atoms with Crippen molar-refractivity contribution < 1.29 is 19.2 Å². The highest BCUT2D eigenvalue weighted by molar-refractivity contribution is 7.99. The quantitative estimate of drug-likeness (QED) is 0.395. The van der Waals surface area contributed by atoms with Crippen LogP contribution in [-0.4, -0.2) is 71.6 Å². The van der Waals surface area contributed by atoms with E-state index in [-0.39, 0.29) is 17.6 Å². The monoisotopic (exact) mass is 481 g/mol. The number of anilines is 1. The van der Waals surface area contributed by atoms with Crippen LogP contribution >= 0.6 is 23.5 Å². The second-order valence-electron chi connectivity index (χ2n) is 7.82. The van der Waals surface area contributed by atoms with Gasteiger partial charge in [0.1, 0.15) is 12.1 Å². The van der Waals surface area contributed by atoms with Crippen molar-refractivity contribution >= 4 is 53.0 Å². The van der Waals surface area contributed by atoms with Crippen molar-refractivity contribution in [1.29, 1.82) is 0 Å². The number of benzene rings is 1. The number of thioether (sulfide) groups is 2. The summed E-state index contributed by atoms with van der Waals surface area (Å²) >= 11 is 2.91. The Hall–Kier alpha value is -2.40. The van der Waals surface area contributed by atoms with Crippen molar-refractivity contribution in [3.63, 3.8) is 0 Å². The molecule has 1 aliphatic heterocycles. The molecule has 32 heavy (non-hydrogen) atoms. The first-order valence-corrected chi connectivity index (χ1v) is 12.9. The van der Waals surface area contributed by atoms with E-state index in [1.165, 1.54) is 16.7 Å². The summed E-state index contributed by atoms with van der Waals surface area (Å²) in [7, 11) is 0. The van der Waals surface area contributed by atoms with Crippen molar-refractivity contribution in [3.05, 3.63) is 24.3 Å². The second-order valence-corrected chi connectivity index (χ2v) is 9.57. The minimum absolute atomic E-state index is 0.199. The number of nitrogens with zero attached hydrogens (tertiary/aromatic N) is 1. The molecule has 1 heterocycles. The summed E-state index contributed by atoms with van der Waals surface area (Å²) in [5.74, 6) is -1.36. The van der Waals surface area contributed by atoms with Crippen LogP contribution in [0.4, 0.5) is 10.5 Å². The van der Waals surface area contributed by atoms with Gasteiger partial charge in [-0.1, -0.05) is 19.9 Å².